The minimum absolute atomic E-state index is 0.861. The zero-order chi connectivity index (χ0) is 10.7. The quantitative estimate of drug-likeness (QED) is 0.564. The summed E-state index contributed by atoms with van der Waals surface area (Å²) in [6.07, 6.45) is 2.79. The summed E-state index contributed by atoms with van der Waals surface area (Å²) in [5.41, 5.74) is 1.93. The topological polar surface area (TPSA) is 25.2 Å². The fourth-order valence-electron chi connectivity index (χ4n) is 1.54. The van der Waals surface area contributed by atoms with Crippen molar-refractivity contribution in [2.75, 3.05) is 0 Å². The maximum absolute atomic E-state index is 4.63. The SMILES string of the molecule is CCc1cc2c(N=C=S)cccc2cn1. The van der Waals surface area contributed by atoms with Crippen LogP contribution in [0.15, 0.2) is 35.5 Å². The molecule has 0 amide bonds. The third-order valence-corrected chi connectivity index (χ3v) is 2.42. The van der Waals surface area contributed by atoms with E-state index < -0.39 is 0 Å². The van der Waals surface area contributed by atoms with Crippen LogP contribution in [0.4, 0.5) is 5.69 Å². The molecule has 0 radical (unpaired) electrons. The molecule has 3 heteroatoms. The first kappa shape index (κ1) is 9.97. The Balaban J connectivity index is 2.75. The van der Waals surface area contributed by atoms with Crippen LogP contribution >= 0.6 is 12.2 Å². The van der Waals surface area contributed by atoms with Crippen LogP contribution in [0.25, 0.3) is 10.8 Å². The van der Waals surface area contributed by atoms with Gasteiger partial charge in [-0.3, -0.25) is 4.98 Å². The molecule has 74 valence electrons. The van der Waals surface area contributed by atoms with Gasteiger partial charge >= 0.3 is 0 Å². The molecular formula is C12H10N2S. The smallest absolute Gasteiger partial charge is 0.0819 e. The molecule has 0 N–H and O–H groups in total. The highest BCUT2D eigenvalue weighted by Gasteiger charge is 2.00. The molecule has 2 nitrogen and oxygen atoms in total. The van der Waals surface area contributed by atoms with E-state index in [0.717, 1.165) is 28.6 Å². The second-order valence-electron chi connectivity index (χ2n) is 3.23. The van der Waals surface area contributed by atoms with Crippen LogP contribution in [0.3, 0.4) is 0 Å². The van der Waals surface area contributed by atoms with E-state index in [1.807, 2.05) is 24.4 Å². The van der Waals surface area contributed by atoms with Crippen molar-refractivity contribution in [3.8, 4) is 0 Å². The first-order valence-corrected chi connectivity index (χ1v) is 5.21. The standard InChI is InChI=1S/C12H10N2S/c1-2-10-6-11-9(7-13-10)4-3-5-12(11)14-8-15/h3-7H,2H2,1H3. The lowest BCUT2D eigenvalue weighted by atomic mass is 10.1. The van der Waals surface area contributed by atoms with Gasteiger partial charge in [0, 0.05) is 22.7 Å². The number of aliphatic imine (C=N–C) groups is 1. The second-order valence-corrected chi connectivity index (χ2v) is 3.41. The van der Waals surface area contributed by atoms with Crippen molar-refractivity contribution in [1.29, 1.82) is 0 Å². The monoisotopic (exact) mass is 214 g/mol. The van der Waals surface area contributed by atoms with Crippen LogP contribution in [-0.2, 0) is 6.42 Å². The Hall–Kier alpha value is -1.57. The maximum Gasteiger partial charge on any atom is 0.0819 e. The molecule has 0 bridgehead atoms. The van der Waals surface area contributed by atoms with Gasteiger partial charge in [-0.2, -0.15) is 4.99 Å². The summed E-state index contributed by atoms with van der Waals surface area (Å²) >= 11 is 4.63. The third kappa shape index (κ3) is 1.94. The Morgan fingerprint density at radius 2 is 2.33 bits per heavy atom. The minimum atomic E-state index is 0.861. The Bertz CT molecular complexity index is 542. The summed E-state index contributed by atoms with van der Waals surface area (Å²) in [5.74, 6) is 0. The van der Waals surface area contributed by atoms with Gasteiger partial charge in [0.05, 0.1) is 10.8 Å². The van der Waals surface area contributed by atoms with Crippen molar-refractivity contribution >= 4 is 33.8 Å². The van der Waals surface area contributed by atoms with E-state index in [4.69, 9.17) is 0 Å². The molecule has 0 aliphatic carbocycles. The maximum atomic E-state index is 4.63. The molecule has 2 rings (SSSR count). The van der Waals surface area contributed by atoms with Crippen molar-refractivity contribution in [2.45, 2.75) is 13.3 Å². The molecule has 15 heavy (non-hydrogen) atoms. The number of rotatable bonds is 2. The fourth-order valence-corrected chi connectivity index (χ4v) is 1.63. The van der Waals surface area contributed by atoms with Crippen molar-refractivity contribution < 1.29 is 0 Å². The van der Waals surface area contributed by atoms with Crippen LogP contribution in [0.2, 0.25) is 0 Å². The lowest BCUT2D eigenvalue weighted by molar-refractivity contribution is 1.05. The summed E-state index contributed by atoms with van der Waals surface area (Å²) in [7, 11) is 0. The Morgan fingerprint density at radius 3 is 3.07 bits per heavy atom. The van der Waals surface area contributed by atoms with Crippen molar-refractivity contribution in [2.24, 2.45) is 4.99 Å². The average Bonchev–Trinajstić information content (AvgIpc) is 2.29. The average molecular weight is 214 g/mol. The Morgan fingerprint density at radius 1 is 1.47 bits per heavy atom. The van der Waals surface area contributed by atoms with Crippen molar-refractivity contribution in [3.05, 3.63) is 36.2 Å². The van der Waals surface area contributed by atoms with Gasteiger partial charge in [0.1, 0.15) is 0 Å². The van der Waals surface area contributed by atoms with E-state index in [1.165, 1.54) is 0 Å². The first-order valence-electron chi connectivity index (χ1n) is 4.80. The van der Waals surface area contributed by atoms with Crippen LogP contribution in [0, 0.1) is 0 Å². The number of aryl methyl sites for hydroxylation is 1. The predicted octanol–water partition coefficient (Wildman–Crippen LogP) is 3.53. The van der Waals surface area contributed by atoms with E-state index in [2.05, 4.69) is 40.3 Å². The molecule has 0 fully saturated rings. The molecule has 0 aliphatic rings. The molecule has 1 aromatic carbocycles. The van der Waals surface area contributed by atoms with Gasteiger partial charge in [-0.15, -0.1) is 0 Å². The highest BCUT2D eigenvalue weighted by atomic mass is 32.1. The largest absolute Gasteiger partial charge is 0.261 e. The van der Waals surface area contributed by atoms with Gasteiger partial charge in [-0.25, -0.2) is 0 Å². The van der Waals surface area contributed by atoms with E-state index in [0.29, 0.717) is 0 Å². The van der Waals surface area contributed by atoms with Gasteiger partial charge in [-0.1, -0.05) is 19.1 Å². The van der Waals surface area contributed by atoms with Crippen LogP contribution < -0.4 is 0 Å². The number of hydrogen-bond donors (Lipinski definition) is 0. The number of pyridine rings is 1. The highest BCUT2D eigenvalue weighted by molar-refractivity contribution is 7.78. The fraction of sp³-hybridized carbons (Fsp3) is 0.167. The van der Waals surface area contributed by atoms with E-state index >= 15 is 0 Å². The number of fused-ring (bicyclic) bond motifs is 1. The lowest BCUT2D eigenvalue weighted by Crippen LogP contribution is -1.86. The molecule has 0 aliphatic heterocycles. The zero-order valence-corrected chi connectivity index (χ0v) is 9.21. The van der Waals surface area contributed by atoms with E-state index in [-0.39, 0.29) is 0 Å². The summed E-state index contributed by atoms with van der Waals surface area (Å²) < 4.78 is 0. The van der Waals surface area contributed by atoms with Gasteiger partial charge in [0.2, 0.25) is 0 Å². The van der Waals surface area contributed by atoms with Crippen LogP contribution in [0.5, 0.6) is 0 Å². The number of hydrogen-bond acceptors (Lipinski definition) is 3. The van der Waals surface area contributed by atoms with Gasteiger partial charge < -0.3 is 0 Å². The Labute approximate surface area is 93.7 Å². The normalized spacial score (nSPS) is 9.93. The number of aromatic nitrogens is 1. The molecule has 0 spiro atoms. The highest BCUT2D eigenvalue weighted by Crippen LogP contribution is 2.25. The number of thiocarbonyl (C=S) groups is 1. The van der Waals surface area contributed by atoms with Gasteiger partial charge in [0.25, 0.3) is 0 Å². The summed E-state index contributed by atoms with van der Waals surface area (Å²) in [4.78, 5) is 8.39. The molecule has 0 atom stereocenters. The third-order valence-electron chi connectivity index (χ3n) is 2.33. The molecular weight excluding hydrogens is 204 g/mol. The second kappa shape index (κ2) is 4.30. The van der Waals surface area contributed by atoms with E-state index in [9.17, 15) is 0 Å². The summed E-state index contributed by atoms with van der Waals surface area (Å²) in [6.45, 7) is 2.08. The van der Waals surface area contributed by atoms with Crippen molar-refractivity contribution in [3.63, 3.8) is 0 Å². The van der Waals surface area contributed by atoms with Gasteiger partial charge in [-0.05, 0) is 30.8 Å². The van der Waals surface area contributed by atoms with Crippen molar-refractivity contribution in [1.82, 2.24) is 4.98 Å². The van der Waals surface area contributed by atoms with E-state index in [1.54, 1.807) is 0 Å². The predicted molar refractivity (Wildman–Crippen MR) is 65.8 cm³/mol. The molecule has 0 saturated carbocycles. The first-order chi connectivity index (χ1) is 7.35. The lowest BCUT2D eigenvalue weighted by Gasteiger charge is -2.02. The molecule has 1 aromatic heterocycles. The minimum Gasteiger partial charge on any atom is -0.261 e. The molecule has 2 aromatic rings. The molecule has 0 unspecified atom stereocenters. The molecule has 0 saturated heterocycles. The number of isothiocyanates is 1. The summed E-state index contributed by atoms with van der Waals surface area (Å²) in [5, 5.41) is 4.57. The van der Waals surface area contributed by atoms with Gasteiger partial charge in [0.15, 0.2) is 0 Å². The zero-order valence-electron chi connectivity index (χ0n) is 8.40. The molecule has 1 heterocycles. The van der Waals surface area contributed by atoms with Crippen LogP contribution in [-0.4, -0.2) is 10.1 Å². The summed E-state index contributed by atoms with van der Waals surface area (Å²) in [6, 6.07) is 7.95. The number of nitrogens with zero attached hydrogens (tertiary/aromatic N) is 2. The number of benzene rings is 1. The Kier molecular flexibility index (Phi) is 2.86. The van der Waals surface area contributed by atoms with Crippen LogP contribution in [0.1, 0.15) is 12.6 Å².